The van der Waals surface area contributed by atoms with Gasteiger partial charge in [0.2, 0.25) is 0 Å². The Morgan fingerprint density at radius 2 is 1.95 bits per heavy atom. The summed E-state index contributed by atoms with van der Waals surface area (Å²) >= 11 is 1.55. The van der Waals surface area contributed by atoms with Gasteiger partial charge in [0, 0.05) is 23.7 Å². The van der Waals surface area contributed by atoms with Gasteiger partial charge in [0.1, 0.15) is 5.03 Å². The lowest BCUT2D eigenvalue weighted by Gasteiger charge is -2.13. The van der Waals surface area contributed by atoms with E-state index in [1.165, 1.54) is 12.2 Å². The Hall–Kier alpha value is -1.85. The average Bonchev–Trinajstić information content (AvgIpc) is 2.47. The van der Waals surface area contributed by atoms with Crippen molar-refractivity contribution >= 4 is 17.7 Å². The number of hydrogen-bond donors (Lipinski definition) is 0. The predicted octanol–water partition coefficient (Wildman–Crippen LogP) is 2.87. The molecule has 98 valence electrons. The molecule has 5 heteroatoms. The van der Waals surface area contributed by atoms with E-state index in [0.717, 1.165) is 9.92 Å². The van der Waals surface area contributed by atoms with Gasteiger partial charge in [-0.05, 0) is 36.4 Å². The van der Waals surface area contributed by atoms with Crippen molar-refractivity contribution in [2.75, 3.05) is 14.2 Å². The second-order valence-corrected chi connectivity index (χ2v) is 4.87. The summed E-state index contributed by atoms with van der Waals surface area (Å²) in [6.07, 6.45) is 1.76. The highest BCUT2D eigenvalue weighted by Crippen LogP contribution is 2.25. The first kappa shape index (κ1) is 13.6. The molecule has 0 fully saturated rings. The van der Waals surface area contributed by atoms with Crippen LogP contribution < -0.4 is 0 Å². The zero-order valence-electron chi connectivity index (χ0n) is 10.7. The number of carbonyl (C=O) groups is 1. The van der Waals surface area contributed by atoms with Gasteiger partial charge in [-0.2, -0.15) is 0 Å². The molecule has 0 aliphatic carbocycles. The van der Waals surface area contributed by atoms with Crippen molar-refractivity contribution in [3.8, 4) is 0 Å². The maximum absolute atomic E-state index is 11.8. The largest absolute Gasteiger partial charge is 0.277 e. The summed E-state index contributed by atoms with van der Waals surface area (Å²) in [5, 5.41) is 2.12. The van der Waals surface area contributed by atoms with Crippen LogP contribution in [0.15, 0.2) is 58.6 Å². The normalized spacial score (nSPS) is 10.2. The van der Waals surface area contributed by atoms with Crippen molar-refractivity contribution in [2.45, 2.75) is 9.92 Å². The molecule has 0 N–H and O–H groups in total. The summed E-state index contributed by atoms with van der Waals surface area (Å²) in [4.78, 5) is 22.0. The van der Waals surface area contributed by atoms with Gasteiger partial charge in [-0.15, -0.1) is 0 Å². The van der Waals surface area contributed by atoms with Gasteiger partial charge in [-0.3, -0.25) is 9.63 Å². The van der Waals surface area contributed by atoms with E-state index in [4.69, 9.17) is 4.84 Å². The molecular weight excluding hydrogens is 260 g/mol. The minimum atomic E-state index is -0.170. The molecule has 0 aliphatic heterocycles. The summed E-state index contributed by atoms with van der Waals surface area (Å²) in [5.74, 6) is -0.170. The van der Waals surface area contributed by atoms with Gasteiger partial charge in [-0.1, -0.05) is 17.8 Å². The minimum Gasteiger partial charge on any atom is -0.274 e. The summed E-state index contributed by atoms with van der Waals surface area (Å²) in [5.41, 5.74) is 0.592. The fourth-order valence-corrected chi connectivity index (χ4v) is 2.23. The third-order valence-electron chi connectivity index (χ3n) is 2.52. The Kier molecular flexibility index (Phi) is 4.54. The van der Waals surface area contributed by atoms with Crippen LogP contribution in [-0.2, 0) is 4.84 Å². The second-order valence-electron chi connectivity index (χ2n) is 3.78. The molecule has 1 amide bonds. The van der Waals surface area contributed by atoms with E-state index in [1.54, 1.807) is 37.1 Å². The Bertz CT molecular complexity index is 543. The van der Waals surface area contributed by atoms with Crippen molar-refractivity contribution in [2.24, 2.45) is 0 Å². The number of amides is 1. The minimum absolute atomic E-state index is 0.170. The van der Waals surface area contributed by atoms with Crippen molar-refractivity contribution in [3.63, 3.8) is 0 Å². The molecule has 1 aromatic carbocycles. The first-order valence-corrected chi connectivity index (χ1v) is 6.53. The molecule has 0 bridgehead atoms. The third kappa shape index (κ3) is 3.56. The molecule has 2 rings (SSSR count). The van der Waals surface area contributed by atoms with Crippen molar-refractivity contribution < 1.29 is 9.63 Å². The zero-order valence-corrected chi connectivity index (χ0v) is 11.6. The molecule has 2 aromatic rings. The van der Waals surface area contributed by atoms with E-state index in [-0.39, 0.29) is 5.91 Å². The van der Waals surface area contributed by atoms with Gasteiger partial charge < -0.3 is 0 Å². The maximum atomic E-state index is 11.8. The number of nitrogens with zero attached hydrogens (tertiary/aromatic N) is 2. The summed E-state index contributed by atoms with van der Waals surface area (Å²) < 4.78 is 0. The molecular formula is C14H14N2O2S. The molecule has 0 atom stereocenters. The Morgan fingerprint density at radius 1 is 1.21 bits per heavy atom. The maximum Gasteiger partial charge on any atom is 0.277 e. The first-order valence-electron chi connectivity index (χ1n) is 5.72. The molecule has 1 aromatic heterocycles. The Labute approximate surface area is 116 Å². The molecule has 0 aliphatic rings. The lowest BCUT2D eigenvalue weighted by atomic mass is 10.2. The molecule has 0 unspecified atom stereocenters. The fourth-order valence-electron chi connectivity index (χ4n) is 1.46. The molecule has 0 saturated carbocycles. The molecule has 0 spiro atoms. The Morgan fingerprint density at radius 3 is 2.53 bits per heavy atom. The number of carbonyl (C=O) groups excluding carboxylic acids is 1. The molecule has 0 saturated heterocycles. The highest BCUT2D eigenvalue weighted by Gasteiger charge is 2.10. The summed E-state index contributed by atoms with van der Waals surface area (Å²) in [6.45, 7) is 0. The fraction of sp³-hybridized carbons (Fsp3) is 0.143. The standard InChI is InChI=1S/C14H14N2O2S/c1-16(18-2)14(17)11-6-8-12(9-7-11)19-13-5-3-4-10-15-13/h3-10H,1-2H3. The van der Waals surface area contributed by atoms with Crippen LogP contribution in [0.2, 0.25) is 0 Å². The van der Waals surface area contributed by atoms with Crippen LogP contribution in [0.25, 0.3) is 0 Å². The van der Waals surface area contributed by atoms with Crippen LogP contribution >= 0.6 is 11.8 Å². The SMILES string of the molecule is CON(C)C(=O)c1ccc(Sc2ccccn2)cc1. The smallest absolute Gasteiger partial charge is 0.274 e. The number of pyridine rings is 1. The Balaban J connectivity index is 2.09. The molecule has 0 radical (unpaired) electrons. The molecule has 4 nitrogen and oxygen atoms in total. The topological polar surface area (TPSA) is 42.4 Å². The zero-order chi connectivity index (χ0) is 13.7. The lowest BCUT2D eigenvalue weighted by Crippen LogP contribution is -2.25. The van der Waals surface area contributed by atoms with E-state index in [1.807, 2.05) is 30.3 Å². The van der Waals surface area contributed by atoms with Crippen molar-refractivity contribution in [1.29, 1.82) is 0 Å². The van der Waals surface area contributed by atoms with Crippen LogP contribution in [0.1, 0.15) is 10.4 Å². The van der Waals surface area contributed by atoms with Gasteiger partial charge in [0.25, 0.3) is 5.91 Å². The molecule has 19 heavy (non-hydrogen) atoms. The monoisotopic (exact) mass is 274 g/mol. The van der Waals surface area contributed by atoms with Gasteiger partial charge in [0.05, 0.1) is 7.11 Å². The van der Waals surface area contributed by atoms with Gasteiger partial charge >= 0.3 is 0 Å². The second kappa shape index (κ2) is 6.36. The highest BCUT2D eigenvalue weighted by molar-refractivity contribution is 7.99. The number of rotatable bonds is 4. The first-order chi connectivity index (χ1) is 9.20. The van der Waals surface area contributed by atoms with E-state index in [0.29, 0.717) is 5.56 Å². The van der Waals surface area contributed by atoms with Crippen molar-refractivity contribution in [1.82, 2.24) is 10.0 Å². The quantitative estimate of drug-likeness (QED) is 0.804. The highest BCUT2D eigenvalue weighted by atomic mass is 32.2. The molecule has 1 heterocycles. The van der Waals surface area contributed by atoms with E-state index >= 15 is 0 Å². The van der Waals surface area contributed by atoms with Crippen LogP contribution in [0.3, 0.4) is 0 Å². The summed E-state index contributed by atoms with van der Waals surface area (Å²) in [6, 6.07) is 13.1. The van der Waals surface area contributed by atoms with Gasteiger partial charge in [-0.25, -0.2) is 10.0 Å². The van der Waals surface area contributed by atoms with E-state index in [2.05, 4.69) is 4.98 Å². The predicted molar refractivity (Wildman–Crippen MR) is 73.9 cm³/mol. The summed E-state index contributed by atoms with van der Waals surface area (Å²) in [7, 11) is 3.04. The van der Waals surface area contributed by atoms with Crippen molar-refractivity contribution in [3.05, 3.63) is 54.2 Å². The van der Waals surface area contributed by atoms with E-state index < -0.39 is 0 Å². The third-order valence-corrected chi connectivity index (χ3v) is 3.48. The van der Waals surface area contributed by atoms with E-state index in [9.17, 15) is 4.79 Å². The number of hydroxylamine groups is 2. The van der Waals surface area contributed by atoms with Gasteiger partial charge in [0.15, 0.2) is 0 Å². The van der Waals surface area contributed by atoms with Crippen LogP contribution in [0.4, 0.5) is 0 Å². The number of benzene rings is 1. The van der Waals surface area contributed by atoms with Crippen LogP contribution in [-0.4, -0.2) is 30.1 Å². The number of aromatic nitrogens is 1. The lowest BCUT2D eigenvalue weighted by molar-refractivity contribution is -0.0757. The number of hydrogen-bond acceptors (Lipinski definition) is 4. The average molecular weight is 274 g/mol. The van der Waals surface area contributed by atoms with Crippen LogP contribution in [0, 0.1) is 0 Å². The van der Waals surface area contributed by atoms with Crippen LogP contribution in [0.5, 0.6) is 0 Å².